The van der Waals surface area contributed by atoms with E-state index in [0.29, 0.717) is 38.6 Å². The Morgan fingerprint density at radius 1 is 1.44 bits per heavy atom. The number of nitrogens with one attached hydrogen (secondary N) is 1. The van der Waals surface area contributed by atoms with Crippen molar-refractivity contribution in [2.75, 3.05) is 31.8 Å². The lowest BCUT2D eigenvalue weighted by atomic mass is 10.1. The van der Waals surface area contributed by atoms with E-state index in [1.54, 1.807) is 18.0 Å². The maximum Gasteiger partial charge on any atom is 0.224 e. The van der Waals surface area contributed by atoms with Gasteiger partial charge >= 0.3 is 0 Å². The van der Waals surface area contributed by atoms with Gasteiger partial charge in [0.1, 0.15) is 22.5 Å². The molecule has 0 aliphatic carbocycles. The summed E-state index contributed by atoms with van der Waals surface area (Å²) in [4.78, 5) is 25.3. The first kappa shape index (κ1) is 22.3. The first-order chi connectivity index (χ1) is 15.4. The van der Waals surface area contributed by atoms with E-state index in [-0.39, 0.29) is 31.4 Å². The van der Waals surface area contributed by atoms with Gasteiger partial charge in [-0.1, -0.05) is 11.6 Å². The maximum absolute atomic E-state index is 12.4. The molecular weight excluding hydrogens is 457 g/mol. The Bertz CT molecular complexity index is 1230. The van der Waals surface area contributed by atoms with Gasteiger partial charge in [0, 0.05) is 30.5 Å². The molecule has 0 atom stereocenters. The van der Waals surface area contributed by atoms with Crippen molar-refractivity contribution in [2.24, 2.45) is 0 Å². The lowest BCUT2D eigenvalue weighted by Gasteiger charge is -2.11. The standard InChI is InChI=1S/C20H21ClFN7O2S/c1-10-7-25-13(16(21)17(10)31-2)8-29-18-15-12(28-29)5-11(6-14(30)24-4-3-22)9-32-19(15)27-20(23)26-18/h5,7H,3-4,6,8-9H2,1-2H3,(H,24,30)(H2,23,26,27). The van der Waals surface area contributed by atoms with Crippen LogP contribution in [0, 0.1) is 6.92 Å². The fraction of sp³-hybridized carbons (Fsp3) is 0.350. The zero-order valence-corrected chi connectivity index (χ0v) is 19.1. The van der Waals surface area contributed by atoms with Crippen molar-refractivity contribution in [3.63, 3.8) is 0 Å². The highest BCUT2D eigenvalue weighted by atomic mass is 35.5. The molecule has 0 bridgehead atoms. The number of ether oxygens (including phenoxy) is 1. The molecule has 168 valence electrons. The van der Waals surface area contributed by atoms with Crippen molar-refractivity contribution in [2.45, 2.75) is 24.9 Å². The number of pyridine rings is 1. The average Bonchev–Trinajstić information content (AvgIpc) is 2.99. The summed E-state index contributed by atoms with van der Waals surface area (Å²) < 4.78 is 19.4. The van der Waals surface area contributed by atoms with Crippen LogP contribution in [0.15, 0.2) is 16.8 Å². The summed E-state index contributed by atoms with van der Waals surface area (Å²) in [6, 6.07) is 0. The fourth-order valence-electron chi connectivity index (χ4n) is 3.45. The smallest absolute Gasteiger partial charge is 0.224 e. The lowest BCUT2D eigenvalue weighted by molar-refractivity contribution is -0.120. The van der Waals surface area contributed by atoms with E-state index in [0.717, 1.165) is 16.5 Å². The Balaban J connectivity index is 1.74. The zero-order chi connectivity index (χ0) is 22.8. The van der Waals surface area contributed by atoms with Gasteiger partial charge in [0.05, 0.1) is 30.4 Å². The van der Waals surface area contributed by atoms with Gasteiger partial charge < -0.3 is 15.8 Å². The van der Waals surface area contributed by atoms with Crippen molar-refractivity contribution < 1.29 is 13.9 Å². The third-order valence-electron chi connectivity index (χ3n) is 4.87. The number of hydrogen-bond donors (Lipinski definition) is 2. The molecule has 3 N–H and O–H groups in total. The molecule has 32 heavy (non-hydrogen) atoms. The number of aryl methyl sites for hydroxylation is 1. The van der Waals surface area contributed by atoms with Crippen molar-refractivity contribution >= 4 is 52.3 Å². The molecule has 1 aliphatic heterocycles. The minimum absolute atomic E-state index is 0.00582. The summed E-state index contributed by atoms with van der Waals surface area (Å²) in [6.45, 7) is 1.49. The highest BCUT2D eigenvalue weighted by molar-refractivity contribution is 7.99. The minimum atomic E-state index is -0.606. The summed E-state index contributed by atoms with van der Waals surface area (Å²) in [5.41, 5.74) is 9.37. The van der Waals surface area contributed by atoms with Crippen LogP contribution in [0.25, 0.3) is 17.1 Å². The molecular formula is C20H21ClFN7O2S. The number of amides is 1. The van der Waals surface area contributed by atoms with Gasteiger partial charge in [0.15, 0.2) is 5.65 Å². The van der Waals surface area contributed by atoms with Gasteiger partial charge in [-0.25, -0.2) is 14.1 Å². The van der Waals surface area contributed by atoms with Crippen molar-refractivity contribution in [3.8, 4) is 5.75 Å². The number of halogens is 2. The number of hydrogen-bond acceptors (Lipinski definition) is 8. The molecule has 1 amide bonds. The van der Waals surface area contributed by atoms with Crippen LogP contribution in [-0.2, 0) is 11.3 Å². The molecule has 0 unspecified atom stereocenters. The summed E-state index contributed by atoms with van der Waals surface area (Å²) in [5.74, 6) is 0.969. The average molecular weight is 478 g/mol. The molecule has 0 aromatic carbocycles. The zero-order valence-electron chi connectivity index (χ0n) is 17.5. The van der Waals surface area contributed by atoms with Gasteiger partial charge in [0.25, 0.3) is 0 Å². The molecule has 4 heterocycles. The largest absolute Gasteiger partial charge is 0.495 e. The quantitative estimate of drug-likeness (QED) is 0.498. The number of thioether (sulfide) groups is 1. The topological polar surface area (TPSA) is 121 Å². The van der Waals surface area contributed by atoms with E-state index in [9.17, 15) is 9.18 Å². The van der Waals surface area contributed by atoms with Crippen LogP contribution in [0.1, 0.15) is 23.4 Å². The maximum atomic E-state index is 12.4. The Labute approximate surface area is 192 Å². The van der Waals surface area contributed by atoms with E-state index in [1.165, 1.54) is 11.8 Å². The van der Waals surface area contributed by atoms with Gasteiger partial charge in [-0.2, -0.15) is 10.1 Å². The number of nitrogens with zero attached hydrogens (tertiary/aromatic N) is 5. The monoisotopic (exact) mass is 477 g/mol. The highest BCUT2D eigenvalue weighted by Crippen LogP contribution is 2.36. The summed E-state index contributed by atoms with van der Waals surface area (Å²) in [6.07, 6.45) is 3.68. The first-order valence-corrected chi connectivity index (χ1v) is 11.1. The molecule has 0 fully saturated rings. The SMILES string of the molecule is COc1c(C)cnc(Cn2nc3c4c(nc(N)nc42)SCC(CC(=O)NCCF)=C3)c1Cl. The summed E-state index contributed by atoms with van der Waals surface area (Å²) in [7, 11) is 1.55. The molecule has 1 aliphatic rings. The second kappa shape index (κ2) is 9.29. The molecule has 0 radical (unpaired) electrons. The molecule has 3 aromatic heterocycles. The Morgan fingerprint density at radius 3 is 3.00 bits per heavy atom. The number of aromatic nitrogens is 5. The second-order valence-corrected chi connectivity index (χ2v) is 8.51. The number of nitrogens with two attached hydrogens (primary N) is 1. The van der Waals surface area contributed by atoms with Crippen LogP contribution in [0.2, 0.25) is 5.02 Å². The normalized spacial score (nSPS) is 13.1. The van der Waals surface area contributed by atoms with E-state index in [4.69, 9.17) is 27.2 Å². The molecule has 9 nitrogen and oxygen atoms in total. The van der Waals surface area contributed by atoms with Crippen LogP contribution in [0.4, 0.5) is 10.3 Å². The van der Waals surface area contributed by atoms with Gasteiger partial charge in [-0.3, -0.25) is 9.78 Å². The summed E-state index contributed by atoms with van der Waals surface area (Å²) >= 11 is 7.96. The highest BCUT2D eigenvalue weighted by Gasteiger charge is 2.23. The number of rotatable bonds is 7. The first-order valence-electron chi connectivity index (χ1n) is 9.78. The molecule has 0 saturated carbocycles. The minimum Gasteiger partial charge on any atom is -0.495 e. The molecule has 4 rings (SSSR count). The number of nitrogen functional groups attached to an aromatic ring is 1. The van der Waals surface area contributed by atoms with Crippen LogP contribution >= 0.6 is 23.4 Å². The molecule has 3 aromatic rings. The van der Waals surface area contributed by atoms with Crippen LogP contribution in [0.5, 0.6) is 5.75 Å². The summed E-state index contributed by atoms with van der Waals surface area (Å²) in [5, 5.41) is 9.07. The van der Waals surface area contributed by atoms with Gasteiger partial charge in [0.2, 0.25) is 11.9 Å². The van der Waals surface area contributed by atoms with Crippen molar-refractivity contribution in [1.29, 1.82) is 0 Å². The Kier molecular flexibility index (Phi) is 6.47. The van der Waals surface area contributed by atoms with E-state index < -0.39 is 6.67 Å². The van der Waals surface area contributed by atoms with Crippen LogP contribution in [-0.4, -0.2) is 56.7 Å². The van der Waals surface area contributed by atoms with Gasteiger partial charge in [-0.15, -0.1) is 11.8 Å². The van der Waals surface area contributed by atoms with E-state index in [2.05, 4.69) is 20.3 Å². The number of anilines is 1. The number of carbonyl (C=O) groups is 1. The Morgan fingerprint density at radius 2 is 2.25 bits per heavy atom. The predicted octanol–water partition coefficient (Wildman–Crippen LogP) is 2.79. The third kappa shape index (κ3) is 4.35. The van der Waals surface area contributed by atoms with Crippen molar-refractivity contribution in [1.82, 2.24) is 30.0 Å². The molecule has 12 heteroatoms. The third-order valence-corrected chi connectivity index (χ3v) is 6.34. The van der Waals surface area contributed by atoms with E-state index in [1.807, 2.05) is 13.0 Å². The second-order valence-electron chi connectivity index (χ2n) is 7.17. The van der Waals surface area contributed by atoms with Gasteiger partial charge in [-0.05, 0) is 18.6 Å². The number of carbonyl (C=O) groups excluding carboxylic acids is 1. The Hall–Kier alpha value is -2.92. The predicted molar refractivity (Wildman–Crippen MR) is 122 cm³/mol. The van der Waals surface area contributed by atoms with Crippen LogP contribution in [0.3, 0.4) is 0 Å². The lowest BCUT2D eigenvalue weighted by Crippen LogP contribution is -2.25. The van der Waals surface area contributed by atoms with Crippen LogP contribution < -0.4 is 15.8 Å². The molecule has 0 saturated heterocycles. The van der Waals surface area contributed by atoms with E-state index >= 15 is 0 Å². The molecule has 0 spiro atoms. The number of methoxy groups -OCH3 is 1. The fourth-order valence-corrected chi connectivity index (χ4v) is 4.79. The number of alkyl halides is 1. The van der Waals surface area contributed by atoms with Crippen molar-refractivity contribution in [3.05, 3.63) is 33.7 Å².